The van der Waals surface area contributed by atoms with Gasteiger partial charge in [0.05, 0.1) is 29.6 Å². The number of aliphatic hydroxyl groups is 1. The van der Waals surface area contributed by atoms with Gasteiger partial charge in [0.25, 0.3) is 0 Å². The summed E-state index contributed by atoms with van der Waals surface area (Å²) >= 11 is 0. The zero-order valence-corrected chi connectivity index (χ0v) is 14.5. The highest BCUT2D eigenvalue weighted by atomic mass is 16.3. The minimum absolute atomic E-state index is 0.219. The third-order valence-corrected chi connectivity index (χ3v) is 4.81. The van der Waals surface area contributed by atoms with Gasteiger partial charge < -0.3 is 19.7 Å². The lowest BCUT2D eigenvalue weighted by molar-refractivity contribution is 0.145. The second-order valence-electron chi connectivity index (χ2n) is 6.61. The molecule has 26 heavy (non-hydrogen) atoms. The number of rotatable bonds is 4. The Balaban J connectivity index is 1.48. The Morgan fingerprint density at radius 3 is 2.85 bits per heavy atom. The first-order chi connectivity index (χ1) is 12.7. The summed E-state index contributed by atoms with van der Waals surface area (Å²) in [6.07, 6.45) is 5.26. The molecule has 6 nitrogen and oxygen atoms in total. The minimum atomic E-state index is -0.219. The highest BCUT2D eigenvalue weighted by Gasteiger charge is 2.19. The van der Waals surface area contributed by atoms with E-state index in [4.69, 9.17) is 0 Å². The van der Waals surface area contributed by atoms with Gasteiger partial charge in [-0.25, -0.2) is 4.98 Å². The molecular formula is C20H21N5O. The van der Waals surface area contributed by atoms with Gasteiger partial charge in [-0.15, -0.1) is 0 Å². The number of nitrogens with one attached hydrogen (secondary N) is 1. The first kappa shape index (κ1) is 16.4. The normalized spacial score (nSPS) is 15.2. The van der Waals surface area contributed by atoms with E-state index in [-0.39, 0.29) is 6.10 Å². The molecule has 0 amide bonds. The molecule has 0 aliphatic carbocycles. The maximum Gasteiger partial charge on any atom is 0.137 e. The standard InChI is InChI=1S/C20H21N5O/c21-12-15-11-16(4-5-19(15)24-9-6-18(26)7-10-24)22-13-17-14-25-8-2-1-3-20(25)23-17/h1-5,8,11,14,18,22,26H,6-7,9-10,13H2. The molecule has 1 aromatic carbocycles. The van der Waals surface area contributed by atoms with Gasteiger partial charge in [0.15, 0.2) is 0 Å². The lowest BCUT2D eigenvalue weighted by Gasteiger charge is -2.32. The summed E-state index contributed by atoms with van der Waals surface area (Å²) in [6, 6.07) is 14.1. The lowest BCUT2D eigenvalue weighted by atomic mass is 10.0. The Hall–Kier alpha value is -3.04. The molecule has 1 aliphatic rings. The number of piperidine rings is 1. The number of nitrogens with zero attached hydrogens (tertiary/aromatic N) is 4. The van der Waals surface area contributed by atoms with Crippen molar-refractivity contribution >= 4 is 17.0 Å². The largest absolute Gasteiger partial charge is 0.393 e. The lowest BCUT2D eigenvalue weighted by Crippen LogP contribution is -2.36. The van der Waals surface area contributed by atoms with Gasteiger partial charge in [-0.3, -0.25) is 0 Å². The van der Waals surface area contributed by atoms with Crippen LogP contribution in [0.25, 0.3) is 5.65 Å². The fourth-order valence-corrected chi connectivity index (χ4v) is 3.38. The monoisotopic (exact) mass is 347 g/mol. The van der Waals surface area contributed by atoms with Crippen LogP contribution in [0.5, 0.6) is 0 Å². The molecule has 3 heterocycles. The summed E-state index contributed by atoms with van der Waals surface area (Å²) in [6.45, 7) is 2.16. The molecule has 0 atom stereocenters. The van der Waals surface area contributed by atoms with Gasteiger partial charge in [-0.05, 0) is 43.2 Å². The van der Waals surface area contributed by atoms with Gasteiger partial charge in [-0.1, -0.05) is 6.07 Å². The topological polar surface area (TPSA) is 76.6 Å². The molecule has 1 aliphatic heterocycles. The molecule has 0 unspecified atom stereocenters. The van der Waals surface area contributed by atoms with Crippen molar-refractivity contribution in [2.45, 2.75) is 25.5 Å². The van der Waals surface area contributed by atoms with E-state index >= 15 is 0 Å². The van der Waals surface area contributed by atoms with Crippen molar-refractivity contribution < 1.29 is 5.11 Å². The number of aliphatic hydroxyl groups excluding tert-OH is 1. The highest BCUT2D eigenvalue weighted by Crippen LogP contribution is 2.27. The molecule has 132 valence electrons. The van der Waals surface area contributed by atoms with E-state index in [2.05, 4.69) is 21.3 Å². The Morgan fingerprint density at radius 1 is 1.23 bits per heavy atom. The Bertz CT molecular complexity index is 917. The number of hydrogen-bond donors (Lipinski definition) is 2. The third kappa shape index (κ3) is 3.35. The number of pyridine rings is 1. The summed E-state index contributed by atoms with van der Waals surface area (Å²) in [5.41, 5.74) is 4.37. The zero-order chi connectivity index (χ0) is 17.9. The zero-order valence-electron chi connectivity index (χ0n) is 14.5. The van der Waals surface area contributed by atoms with Crippen molar-refractivity contribution in [1.29, 1.82) is 5.26 Å². The van der Waals surface area contributed by atoms with Crippen molar-refractivity contribution in [3.63, 3.8) is 0 Å². The predicted molar refractivity (Wildman–Crippen MR) is 101 cm³/mol. The maximum atomic E-state index is 9.67. The molecule has 0 bridgehead atoms. The average Bonchev–Trinajstić information content (AvgIpc) is 3.10. The van der Waals surface area contributed by atoms with Gasteiger partial charge >= 0.3 is 0 Å². The van der Waals surface area contributed by atoms with E-state index in [0.29, 0.717) is 12.1 Å². The van der Waals surface area contributed by atoms with E-state index < -0.39 is 0 Å². The van der Waals surface area contributed by atoms with Crippen LogP contribution in [0.3, 0.4) is 0 Å². The van der Waals surface area contributed by atoms with Crippen LogP contribution in [0.4, 0.5) is 11.4 Å². The van der Waals surface area contributed by atoms with E-state index in [1.165, 1.54) is 0 Å². The fraction of sp³-hybridized carbons (Fsp3) is 0.300. The van der Waals surface area contributed by atoms with Gasteiger partial charge in [0.2, 0.25) is 0 Å². The van der Waals surface area contributed by atoms with Crippen LogP contribution in [0, 0.1) is 11.3 Å². The summed E-state index contributed by atoms with van der Waals surface area (Å²) in [5, 5.41) is 22.6. The van der Waals surface area contributed by atoms with Crippen molar-refractivity contribution in [3.05, 3.63) is 60.0 Å². The van der Waals surface area contributed by atoms with Crippen molar-refractivity contribution in [1.82, 2.24) is 9.38 Å². The molecule has 1 saturated heterocycles. The molecule has 1 fully saturated rings. The Kier molecular flexibility index (Phi) is 4.46. The van der Waals surface area contributed by atoms with Crippen LogP contribution < -0.4 is 10.2 Å². The number of imidazole rings is 1. The van der Waals surface area contributed by atoms with Gasteiger partial charge in [0, 0.05) is 31.2 Å². The second-order valence-corrected chi connectivity index (χ2v) is 6.61. The highest BCUT2D eigenvalue weighted by molar-refractivity contribution is 5.65. The quantitative estimate of drug-likeness (QED) is 0.759. The van der Waals surface area contributed by atoms with E-state index in [0.717, 1.165) is 48.6 Å². The molecule has 2 N–H and O–H groups in total. The SMILES string of the molecule is N#Cc1cc(NCc2cn3ccccc3n2)ccc1N1CCC(O)CC1. The number of hydrogen-bond acceptors (Lipinski definition) is 5. The number of fused-ring (bicyclic) bond motifs is 1. The Morgan fingerprint density at radius 2 is 2.08 bits per heavy atom. The second kappa shape index (κ2) is 7.06. The first-order valence-corrected chi connectivity index (χ1v) is 8.86. The Labute approximate surface area is 152 Å². The first-order valence-electron chi connectivity index (χ1n) is 8.86. The summed E-state index contributed by atoms with van der Waals surface area (Å²) in [4.78, 5) is 6.75. The molecular weight excluding hydrogens is 326 g/mol. The van der Waals surface area contributed by atoms with Crippen molar-refractivity contribution in [2.75, 3.05) is 23.3 Å². The summed E-state index contributed by atoms with van der Waals surface area (Å²) in [7, 11) is 0. The molecule has 0 radical (unpaired) electrons. The molecule has 2 aromatic heterocycles. The molecule has 4 rings (SSSR count). The van der Waals surface area contributed by atoms with E-state index in [1.54, 1.807) is 0 Å². The van der Waals surface area contributed by atoms with Crippen LogP contribution in [-0.4, -0.2) is 33.7 Å². The number of aromatic nitrogens is 2. The minimum Gasteiger partial charge on any atom is -0.393 e. The predicted octanol–water partition coefficient (Wildman–Crippen LogP) is 2.78. The van der Waals surface area contributed by atoms with Crippen LogP contribution in [0.15, 0.2) is 48.8 Å². The van der Waals surface area contributed by atoms with Gasteiger partial charge in [-0.2, -0.15) is 5.26 Å². The summed E-state index contributed by atoms with van der Waals surface area (Å²) in [5.74, 6) is 0. The van der Waals surface area contributed by atoms with Crippen LogP contribution >= 0.6 is 0 Å². The van der Waals surface area contributed by atoms with E-state index in [9.17, 15) is 10.4 Å². The van der Waals surface area contributed by atoms with Crippen LogP contribution in [0.2, 0.25) is 0 Å². The summed E-state index contributed by atoms with van der Waals surface area (Å²) < 4.78 is 1.99. The van der Waals surface area contributed by atoms with Crippen LogP contribution in [-0.2, 0) is 6.54 Å². The molecule has 0 spiro atoms. The molecule has 6 heteroatoms. The smallest absolute Gasteiger partial charge is 0.137 e. The number of anilines is 2. The molecule has 3 aromatic rings. The van der Waals surface area contributed by atoms with Crippen molar-refractivity contribution in [2.24, 2.45) is 0 Å². The average molecular weight is 347 g/mol. The molecule has 0 saturated carbocycles. The third-order valence-electron chi connectivity index (χ3n) is 4.81. The van der Waals surface area contributed by atoms with Crippen LogP contribution in [0.1, 0.15) is 24.1 Å². The number of nitriles is 1. The van der Waals surface area contributed by atoms with Gasteiger partial charge in [0.1, 0.15) is 11.7 Å². The maximum absolute atomic E-state index is 9.67. The van der Waals surface area contributed by atoms with E-state index in [1.807, 2.05) is 53.2 Å². The fourth-order valence-electron chi connectivity index (χ4n) is 3.38. The number of benzene rings is 1. The van der Waals surface area contributed by atoms with Crippen molar-refractivity contribution in [3.8, 4) is 6.07 Å².